The van der Waals surface area contributed by atoms with Crippen molar-refractivity contribution in [2.75, 3.05) is 13.6 Å². The van der Waals surface area contributed by atoms with Crippen molar-refractivity contribution in [1.82, 2.24) is 5.43 Å². The molecule has 0 saturated heterocycles. The Labute approximate surface area is 87.6 Å². The predicted molar refractivity (Wildman–Crippen MR) is 58.9 cm³/mol. The van der Waals surface area contributed by atoms with Crippen molar-refractivity contribution in [3.05, 3.63) is 10.4 Å². The summed E-state index contributed by atoms with van der Waals surface area (Å²) in [5.74, 6) is 0. The summed E-state index contributed by atoms with van der Waals surface area (Å²) in [5, 5.41) is 19.8. The van der Waals surface area contributed by atoms with E-state index in [1.807, 2.05) is 0 Å². The Bertz CT molecular complexity index is 147. The summed E-state index contributed by atoms with van der Waals surface area (Å²) in [5.41, 5.74) is 2.49. The summed E-state index contributed by atoms with van der Waals surface area (Å²) < 4.78 is 4.42. The maximum Gasteiger partial charge on any atom is 0.102 e. The molecule has 0 bridgehead atoms. The van der Waals surface area contributed by atoms with Crippen molar-refractivity contribution in [3.8, 4) is 0 Å². The Kier molecular flexibility index (Phi) is 7.95. The zero-order valence-corrected chi connectivity index (χ0v) is 9.96. The molecule has 0 radical (unpaired) electrons. The predicted octanol–water partition coefficient (Wildman–Crippen LogP) is -2.09. The van der Waals surface area contributed by atoms with Gasteiger partial charge in [-0.3, -0.25) is 0 Å². The van der Waals surface area contributed by atoms with Gasteiger partial charge in [0.25, 0.3) is 0 Å². The molecule has 3 atom stereocenters. The summed E-state index contributed by atoms with van der Waals surface area (Å²) in [4.78, 5) is 4.27. The third kappa shape index (κ3) is 8.68. The van der Waals surface area contributed by atoms with Crippen molar-refractivity contribution in [3.63, 3.8) is 0 Å². The van der Waals surface area contributed by atoms with Crippen molar-refractivity contribution in [2.24, 2.45) is 0 Å². The highest BCUT2D eigenvalue weighted by atomic mass is 127. The molecule has 0 aromatic rings. The summed E-state index contributed by atoms with van der Waals surface area (Å²) in [6, 6.07) is 0. The molecule has 7 heteroatoms. The minimum Gasteiger partial charge on any atom is -0.596 e. The number of rotatable bonds is 7. The van der Waals surface area contributed by atoms with Crippen molar-refractivity contribution >= 4 is 25.2 Å². The van der Waals surface area contributed by atoms with E-state index in [-0.39, 0.29) is 20.7 Å². The van der Waals surface area contributed by atoms with E-state index in [2.05, 4.69) is 21.8 Å². The van der Waals surface area contributed by atoms with E-state index in [0.717, 1.165) is 6.42 Å². The molecule has 6 nitrogen and oxygen atoms in total. The van der Waals surface area contributed by atoms with Gasteiger partial charge in [0.1, 0.15) is 7.05 Å². The van der Waals surface area contributed by atoms with Gasteiger partial charge in [-0.15, -0.1) is 26.2 Å². The van der Waals surface area contributed by atoms with E-state index in [4.69, 9.17) is 0 Å². The standard InChI is InChI=1S/C6H16IN3O3/c1-6(7-2)4-5-8-10(12)13-9(3)11/h6,8-10H,2,4-5H2,1,3H3. The van der Waals surface area contributed by atoms with Crippen LogP contribution in [0.1, 0.15) is 13.3 Å². The maximum absolute atomic E-state index is 10.8. The summed E-state index contributed by atoms with van der Waals surface area (Å²) >= 11 is -0.0141. The molecule has 0 aromatic heterocycles. The van der Waals surface area contributed by atoms with Gasteiger partial charge in [0.15, 0.2) is 0 Å². The van der Waals surface area contributed by atoms with Crippen LogP contribution in [0.5, 0.6) is 0 Å². The van der Waals surface area contributed by atoms with Gasteiger partial charge in [0, 0.05) is 15.4 Å². The quantitative estimate of drug-likeness (QED) is 0.286. The lowest BCUT2D eigenvalue weighted by Crippen LogP contribution is -3.27. The molecule has 0 aliphatic carbocycles. The third-order valence-corrected chi connectivity index (χ3v) is 3.44. The van der Waals surface area contributed by atoms with Crippen LogP contribution in [0.2, 0.25) is 0 Å². The first-order valence-corrected chi connectivity index (χ1v) is 6.66. The average molecular weight is 305 g/mol. The number of quaternary nitrogens is 2. The number of halogens is 1. The molecule has 0 heterocycles. The first kappa shape index (κ1) is 13.4. The molecule has 0 rings (SSSR count). The Hall–Kier alpha value is 0.360. The highest BCUT2D eigenvalue weighted by Crippen LogP contribution is 2.07. The largest absolute Gasteiger partial charge is 0.596 e. The molecular weight excluding hydrogens is 289 g/mol. The fourth-order valence-electron chi connectivity index (χ4n) is 0.617. The van der Waals surface area contributed by atoms with Crippen LogP contribution in [-0.4, -0.2) is 22.0 Å². The second-order valence-electron chi connectivity index (χ2n) is 2.53. The number of alkyl halides is 1. The van der Waals surface area contributed by atoms with Gasteiger partial charge in [-0.1, -0.05) is 16.8 Å². The van der Waals surface area contributed by atoms with E-state index < -0.39 is 10.6 Å². The molecule has 0 aliphatic rings. The summed E-state index contributed by atoms with van der Waals surface area (Å²) in [6.07, 6.45) is 0.893. The SMILES string of the molecule is C=IC(C)CCN[NH+]([O-])O[NH+](C)[O-]. The van der Waals surface area contributed by atoms with Crippen LogP contribution in [0.25, 0.3) is 0 Å². The summed E-state index contributed by atoms with van der Waals surface area (Å²) in [7, 11) is 1.20. The Balaban J connectivity index is 3.36. The Morgan fingerprint density at radius 1 is 1.62 bits per heavy atom. The molecule has 0 saturated carbocycles. The molecule has 0 spiro atoms. The molecule has 0 amide bonds. The van der Waals surface area contributed by atoms with Gasteiger partial charge in [-0.2, -0.15) is 5.23 Å². The molecule has 0 aliphatic heterocycles. The molecule has 80 valence electrons. The molecule has 3 N–H and O–H groups in total. The van der Waals surface area contributed by atoms with Gasteiger partial charge < -0.3 is 10.4 Å². The van der Waals surface area contributed by atoms with Crippen molar-refractivity contribution in [2.45, 2.75) is 17.3 Å². The van der Waals surface area contributed by atoms with Crippen LogP contribution in [0, 0.1) is 10.4 Å². The number of nitrogens with one attached hydrogen (secondary N) is 3. The monoisotopic (exact) mass is 305 g/mol. The van der Waals surface area contributed by atoms with Crippen LogP contribution in [0.4, 0.5) is 0 Å². The van der Waals surface area contributed by atoms with E-state index >= 15 is 0 Å². The minimum atomic E-state index is -0.665. The van der Waals surface area contributed by atoms with Gasteiger partial charge >= 0.3 is 0 Å². The molecule has 3 unspecified atom stereocenters. The normalized spacial score (nSPS) is 18.2. The second kappa shape index (κ2) is 7.74. The zero-order valence-electron chi connectivity index (χ0n) is 7.80. The number of hydroxylamine groups is 2. The smallest absolute Gasteiger partial charge is 0.102 e. The topological polar surface area (TPSA) is 76.3 Å². The van der Waals surface area contributed by atoms with Gasteiger partial charge in [0.2, 0.25) is 0 Å². The van der Waals surface area contributed by atoms with E-state index in [1.54, 1.807) is 0 Å². The molecule has 0 aromatic carbocycles. The molecule has 0 fully saturated rings. The average Bonchev–Trinajstić information content (AvgIpc) is 2.02. The Morgan fingerprint density at radius 3 is 2.69 bits per heavy atom. The number of hydrogen-bond donors (Lipinski definition) is 3. The third-order valence-electron chi connectivity index (χ3n) is 1.31. The lowest BCUT2D eigenvalue weighted by molar-refractivity contribution is -1.32. The van der Waals surface area contributed by atoms with Crippen LogP contribution in [0.3, 0.4) is 0 Å². The van der Waals surface area contributed by atoms with Gasteiger partial charge in [0.05, 0.1) is 0 Å². The fraction of sp³-hybridized carbons (Fsp3) is 0.833. The highest BCUT2D eigenvalue weighted by Gasteiger charge is 2.02. The summed E-state index contributed by atoms with van der Waals surface area (Å²) in [6.45, 7) is 2.64. The van der Waals surface area contributed by atoms with Crippen LogP contribution in [0.15, 0.2) is 0 Å². The number of hydrogen-bond acceptors (Lipinski definition) is 4. The van der Waals surface area contributed by atoms with E-state index in [1.165, 1.54) is 7.05 Å². The van der Waals surface area contributed by atoms with E-state index in [9.17, 15) is 10.4 Å². The lowest BCUT2D eigenvalue weighted by atomic mass is 10.3. The van der Waals surface area contributed by atoms with Crippen LogP contribution >= 0.6 is 20.7 Å². The van der Waals surface area contributed by atoms with Crippen LogP contribution < -0.4 is 16.0 Å². The van der Waals surface area contributed by atoms with Crippen molar-refractivity contribution in [1.29, 1.82) is 0 Å². The van der Waals surface area contributed by atoms with Crippen LogP contribution in [-0.2, 0) is 4.94 Å². The fourth-order valence-corrected chi connectivity index (χ4v) is 1.37. The lowest BCUT2D eigenvalue weighted by Gasteiger charge is -2.21. The minimum absolute atomic E-state index is 0.0141. The van der Waals surface area contributed by atoms with Crippen molar-refractivity contribution < 1.29 is 15.5 Å². The first-order chi connectivity index (χ1) is 6.06. The highest BCUT2D eigenvalue weighted by molar-refractivity contribution is 14.2. The first-order valence-electron chi connectivity index (χ1n) is 3.89. The second-order valence-corrected chi connectivity index (χ2v) is 5.54. The maximum atomic E-state index is 10.8. The molecule has 13 heavy (non-hydrogen) atoms. The zero-order chi connectivity index (χ0) is 10.3. The molecular formula is C6H16IN3O3. The van der Waals surface area contributed by atoms with Gasteiger partial charge in [-0.05, 0) is 6.42 Å². The van der Waals surface area contributed by atoms with E-state index in [0.29, 0.717) is 10.5 Å². The Morgan fingerprint density at radius 2 is 2.23 bits per heavy atom. The van der Waals surface area contributed by atoms with Gasteiger partial charge in [-0.25, -0.2) is 0 Å².